The van der Waals surface area contributed by atoms with Gasteiger partial charge in [0.15, 0.2) is 12.6 Å². The number of fused-ring (bicyclic) bond motifs is 1. The fourth-order valence-electron chi connectivity index (χ4n) is 2.85. The van der Waals surface area contributed by atoms with Crippen LogP contribution in [-0.2, 0) is 19.8 Å². The van der Waals surface area contributed by atoms with Gasteiger partial charge in [-0.2, -0.15) is 0 Å². The summed E-state index contributed by atoms with van der Waals surface area (Å²) in [5.74, 6) is -0.966. The van der Waals surface area contributed by atoms with Crippen LogP contribution < -0.4 is 5.32 Å². The number of carbonyl (C=O) groups is 4. The van der Waals surface area contributed by atoms with Crippen LogP contribution in [-0.4, -0.2) is 137 Å². The molecule has 39 heavy (non-hydrogen) atoms. The van der Waals surface area contributed by atoms with Crippen molar-refractivity contribution in [1.29, 1.82) is 0 Å². The van der Waals surface area contributed by atoms with Crippen molar-refractivity contribution in [3.8, 4) is 0 Å². The summed E-state index contributed by atoms with van der Waals surface area (Å²) in [5, 5.41) is 89.6. The second-order valence-electron chi connectivity index (χ2n) is 9.51. The molecule has 0 saturated heterocycles. The van der Waals surface area contributed by atoms with Crippen LogP contribution in [0, 0.1) is 0 Å². The highest BCUT2D eigenvalue weighted by Crippen LogP contribution is 2.29. The molecule has 2 rings (SSSR count). The Morgan fingerprint density at radius 1 is 0.744 bits per heavy atom. The lowest BCUT2D eigenvalue weighted by Gasteiger charge is -2.22. The molecule has 222 valence electrons. The summed E-state index contributed by atoms with van der Waals surface area (Å²) in [4.78, 5) is 42.4. The summed E-state index contributed by atoms with van der Waals surface area (Å²) in [6.45, 7) is 4.70. The number of anilines is 1. The number of rotatable bonds is 10. The van der Waals surface area contributed by atoms with Gasteiger partial charge in [0.2, 0.25) is 0 Å². The van der Waals surface area contributed by atoms with Gasteiger partial charge in [-0.3, -0.25) is 9.59 Å². The predicted octanol–water partition coefficient (Wildman–Crippen LogP) is -4.64. The first-order valence-electron chi connectivity index (χ1n) is 11.5. The summed E-state index contributed by atoms with van der Waals surface area (Å²) in [6, 6.07) is 5.53. The first kappa shape index (κ1) is 36.3. The molecule has 15 heteroatoms. The standard InChI is InChI=1S/C12H13NO2.2C6H12O6/c1-12(2,3)7-4-5-9-8(6-7)10(14)11(15)13-9;2*7-1-3(9)5(11)6(12)4(10)2-8/h4-6H,1-3H3,(H,13,14,15);2*1,3-6,8-12H,2H2. The molecule has 8 atom stereocenters. The number of nitrogens with one attached hydrogen (secondary N) is 1. The Balaban J connectivity index is 0.000000563. The van der Waals surface area contributed by atoms with Crippen LogP contribution in [0.3, 0.4) is 0 Å². The van der Waals surface area contributed by atoms with Gasteiger partial charge in [-0.15, -0.1) is 0 Å². The van der Waals surface area contributed by atoms with E-state index in [2.05, 4.69) is 26.1 Å². The first-order chi connectivity index (χ1) is 18.0. The van der Waals surface area contributed by atoms with Crippen molar-refractivity contribution in [3.63, 3.8) is 0 Å². The maximum absolute atomic E-state index is 11.5. The smallest absolute Gasteiger partial charge is 0.296 e. The monoisotopic (exact) mass is 563 g/mol. The zero-order valence-corrected chi connectivity index (χ0v) is 21.5. The van der Waals surface area contributed by atoms with Crippen LogP contribution in [0.1, 0.15) is 36.7 Å². The molecule has 0 aliphatic carbocycles. The largest absolute Gasteiger partial charge is 0.394 e. The summed E-state index contributed by atoms with van der Waals surface area (Å²) in [7, 11) is 0. The number of Topliss-reactive ketones (excluding diaryl/α,β-unsaturated/α-hetero) is 1. The maximum atomic E-state index is 11.5. The second-order valence-corrected chi connectivity index (χ2v) is 9.51. The third-order valence-corrected chi connectivity index (χ3v) is 5.43. The molecule has 0 bridgehead atoms. The Labute approximate surface area is 223 Å². The van der Waals surface area contributed by atoms with Crippen molar-refractivity contribution >= 4 is 30.0 Å². The fourth-order valence-corrected chi connectivity index (χ4v) is 2.85. The van der Waals surface area contributed by atoms with Crippen LogP contribution in [0.15, 0.2) is 18.2 Å². The Morgan fingerprint density at radius 3 is 1.49 bits per heavy atom. The summed E-state index contributed by atoms with van der Waals surface area (Å²) < 4.78 is 0. The van der Waals surface area contributed by atoms with Crippen LogP contribution in [0.4, 0.5) is 5.69 Å². The van der Waals surface area contributed by atoms with Gasteiger partial charge in [0.1, 0.15) is 48.8 Å². The molecule has 1 aromatic rings. The third kappa shape index (κ3) is 10.8. The highest BCUT2D eigenvalue weighted by molar-refractivity contribution is 6.51. The number of amides is 1. The number of aldehydes is 2. The Morgan fingerprint density at radius 2 is 1.15 bits per heavy atom. The molecule has 1 aliphatic heterocycles. The average Bonchev–Trinajstić information content (AvgIpc) is 3.21. The molecule has 0 radical (unpaired) electrons. The van der Waals surface area contributed by atoms with Gasteiger partial charge < -0.3 is 66.0 Å². The molecule has 1 aliphatic rings. The number of hydrogen-bond donors (Lipinski definition) is 11. The van der Waals surface area contributed by atoms with Crippen LogP contribution in [0.5, 0.6) is 0 Å². The van der Waals surface area contributed by atoms with Gasteiger partial charge >= 0.3 is 0 Å². The summed E-state index contributed by atoms with van der Waals surface area (Å²) >= 11 is 0. The van der Waals surface area contributed by atoms with E-state index in [0.29, 0.717) is 11.3 Å². The van der Waals surface area contributed by atoms with E-state index in [4.69, 9.17) is 51.1 Å². The van der Waals surface area contributed by atoms with Crippen molar-refractivity contribution in [2.24, 2.45) is 0 Å². The van der Waals surface area contributed by atoms with E-state index in [9.17, 15) is 19.2 Å². The molecule has 1 heterocycles. The molecule has 0 fully saturated rings. The molecular weight excluding hydrogens is 526 g/mol. The Hall–Kier alpha value is -2.70. The zero-order valence-electron chi connectivity index (χ0n) is 21.5. The van der Waals surface area contributed by atoms with E-state index in [1.807, 2.05) is 6.07 Å². The van der Waals surface area contributed by atoms with Gasteiger partial charge in [-0.1, -0.05) is 26.8 Å². The minimum Gasteiger partial charge on any atom is -0.394 e. The molecular formula is C24H37NO14. The number of benzene rings is 1. The van der Waals surface area contributed by atoms with Crippen molar-refractivity contribution in [1.82, 2.24) is 0 Å². The highest BCUT2D eigenvalue weighted by atomic mass is 16.4. The molecule has 0 saturated carbocycles. The summed E-state index contributed by atoms with van der Waals surface area (Å²) in [6.07, 6.45) is -13.7. The molecule has 15 nitrogen and oxygen atoms in total. The Kier molecular flexibility index (Phi) is 15.3. The number of aliphatic hydroxyl groups is 10. The SMILES string of the molecule is CC(C)(C)c1ccc2c(c1)C(=O)C(=O)N2.O=CC(O)C(O)C(O)C(O)CO.O=CC(O)C(O)C(O)C(O)CO. The van der Waals surface area contributed by atoms with E-state index < -0.39 is 73.7 Å². The van der Waals surface area contributed by atoms with E-state index in [1.165, 1.54) is 0 Å². The van der Waals surface area contributed by atoms with Crippen LogP contribution >= 0.6 is 0 Å². The number of hydrogen-bond acceptors (Lipinski definition) is 14. The predicted molar refractivity (Wildman–Crippen MR) is 132 cm³/mol. The van der Waals surface area contributed by atoms with Gasteiger partial charge in [0.25, 0.3) is 11.7 Å². The van der Waals surface area contributed by atoms with Gasteiger partial charge in [-0.25, -0.2) is 0 Å². The zero-order chi connectivity index (χ0) is 30.7. The average molecular weight is 564 g/mol. The third-order valence-electron chi connectivity index (χ3n) is 5.43. The lowest BCUT2D eigenvalue weighted by Crippen LogP contribution is -2.46. The van der Waals surface area contributed by atoms with Crippen molar-refractivity contribution in [3.05, 3.63) is 29.3 Å². The topological polar surface area (TPSA) is 283 Å². The number of carbonyl (C=O) groups excluding carboxylic acids is 4. The summed E-state index contributed by atoms with van der Waals surface area (Å²) in [5.41, 5.74) is 2.16. The highest BCUT2D eigenvalue weighted by Gasteiger charge is 2.31. The van der Waals surface area contributed by atoms with E-state index in [-0.39, 0.29) is 18.0 Å². The van der Waals surface area contributed by atoms with Gasteiger partial charge in [-0.05, 0) is 23.1 Å². The minimum atomic E-state index is -1.79. The second kappa shape index (κ2) is 16.4. The lowest BCUT2D eigenvalue weighted by atomic mass is 9.86. The maximum Gasteiger partial charge on any atom is 0.296 e. The minimum absolute atomic E-state index is 0.0129. The molecule has 11 N–H and O–H groups in total. The van der Waals surface area contributed by atoms with E-state index in [1.54, 1.807) is 12.1 Å². The Bertz CT molecular complexity index is 917. The van der Waals surface area contributed by atoms with Crippen molar-refractivity contribution < 1.29 is 70.2 Å². The quantitative estimate of drug-likeness (QED) is 0.0943. The van der Waals surface area contributed by atoms with Crippen molar-refractivity contribution in [2.45, 2.75) is 75.0 Å². The molecule has 8 unspecified atom stereocenters. The normalized spacial score (nSPS) is 18.8. The molecule has 1 aromatic carbocycles. The first-order valence-corrected chi connectivity index (χ1v) is 11.5. The van der Waals surface area contributed by atoms with Gasteiger partial charge in [0.05, 0.1) is 24.5 Å². The number of ketones is 1. The van der Waals surface area contributed by atoms with E-state index in [0.717, 1.165) is 5.56 Å². The van der Waals surface area contributed by atoms with Crippen LogP contribution in [0.25, 0.3) is 0 Å². The molecule has 0 aromatic heterocycles. The number of aliphatic hydroxyl groups excluding tert-OH is 10. The van der Waals surface area contributed by atoms with Crippen LogP contribution in [0.2, 0.25) is 0 Å². The lowest BCUT2D eigenvalue weighted by molar-refractivity contribution is -0.136. The van der Waals surface area contributed by atoms with Crippen molar-refractivity contribution in [2.75, 3.05) is 18.5 Å². The van der Waals surface area contributed by atoms with E-state index >= 15 is 0 Å². The fraction of sp³-hybridized carbons (Fsp3) is 0.583. The van der Waals surface area contributed by atoms with Gasteiger partial charge in [0, 0.05) is 0 Å². The molecule has 0 spiro atoms. The molecule has 1 amide bonds.